The lowest BCUT2D eigenvalue weighted by Crippen LogP contribution is -2.30. The number of nitrogens with one attached hydrogen (secondary N) is 1. The van der Waals surface area contributed by atoms with E-state index in [1.807, 2.05) is 0 Å². The van der Waals surface area contributed by atoms with Gasteiger partial charge < -0.3 is 5.32 Å². The number of carbonyl (C=O) groups is 1. The van der Waals surface area contributed by atoms with Gasteiger partial charge in [-0.3, -0.25) is 9.10 Å². The molecule has 0 aromatic heterocycles. The Bertz CT molecular complexity index is 990. The molecule has 1 aliphatic rings. The van der Waals surface area contributed by atoms with Gasteiger partial charge in [0.2, 0.25) is 10.0 Å². The van der Waals surface area contributed by atoms with E-state index < -0.39 is 10.0 Å². The van der Waals surface area contributed by atoms with Gasteiger partial charge in [0.15, 0.2) is 0 Å². The number of nitrogens with zero attached hydrogens (tertiary/aromatic N) is 1. The fourth-order valence-corrected chi connectivity index (χ4v) is 5.00. The molecule has 1 saturated carbocycles. The third kappa shape index (κ3) is 6.22. The van der Waals surface area contributed by atoms with Gasteiger partial charge in [-0.25, -0.2) is 8.42 Å². The van der Waals surface area contributed by atoms with Gasteiger partial charge in [0.05, 0.1) is 23.5 Å². The molecule has 2 aromatic carbocycles. The highest BCUT2D eigenvalue weighted by Gasteiger charge is 2.19. The Morgan fingerprint density at radius 1 is 1.13 bits per heavy atom. The third-order valence-electron chi connectivity index (χ3n) is 5.41. The van der Waals surface area contributed by atoms with Crippen molar-refractivity contribution in [3.8, 4) is 0 Å². The minimum Gasteiger partial charge on any atom is -0.352 e. The summed E-state index contributed by atoms with van der Waals surface area (Å²) in [4.78, 5) is 12.4. The average molecular weight is 514 g/mol. The van der Waals surface area contributed by atoms with Crippen molar-refractivity contribution in [2.75, 3.05) is 17.1 Å². The average Bonchev–Trinajstić information content (AvgIpc) is 2.73. The number of anilines is 1. The lowest BCUT2D eigenvalue weighted by atomic mass is 9.89. The summed E-state index contributed by atoms with van der Waals surface area (Å²) in [6.07, 6.45) is 7.31. The molecule has 8 heteroatoms. The molecule has 0 unspecified atom stereocenters. The van der Waals surface area contributed by atoms with E-state index in [1.165, 1.54) is 36.4 Å². The predicted molar refractivity (Wildman–Crippen MR) is 126 cm³/mol. The van der Waals surface area contributed by atoms with E-state index in [2.05, 4.69) is 21.2 Å². The summed E-state index contributed by atoms with van der Waals surface area (Å²) in [5.74, 6) is 0.481. The minimum atomic E-state index is -3.51. The fourth-order valence-electron chi connectivity index (χ4n) is 3.70. The van der Waals surface area contributed by atoms with Gasteiger partial charge >= 0.3 is 0 Å². The molecular formula is C22H26BrClN2O3S. The Morgan fingerprint density at radius 3 is 2.40 bits per heavy atom. The van der Waals surface area contributed by atoms with Crippen LogP contribution in [-0.4, -0.2) is 27.1 Å². The van der Waals surface area contributed by atoms with Gasteiger partial charge in [-0.1, -0.05) is 43.0 Å². The van der Waals surface area contributed by atoms with Crippen molar-refractivity contribution in [1.29, 1.82) is 0 Å². The SMILES string of the molecule is CS(=O)(=O)N(Cc1ccc(C(=O)NCC2CCCCC2)cc1)c1ccc(Br)c(Cl)c1. The minimum absolute atomic E-state index is 0.0909. The first-order valence-corrected chi connectivity index (χ1v) is 13.1. The van der Waals surface area contributed by atoms with Crippen LogP contribution in [-0.2, 0) is 16.6 Å². The molecule has 3 rings (SSSR count). The van der Waals surface area contributed by atoms with E-state index in [-0.39, 0.29) is 12.5 Å². The zero-order valence-electron chi connectivity index (χ0n) is 16.9. The van der Waals surface area contributed by atoms with Crippen molar-refractivity contribution in [2.45, 2.75) is 38.6 Å². The van der Waals surface area contributed by atoms with Crippen molar-refractivity contribution in [3.05, 3.63) is 63.1 Å². The Morgan fingerprint density at radius 2 is 1.80 bits per heavy atom. The summed E-state index contributed by atoms with van der Waals surface area (Å²) < 4.78 is 26.7. The molecule has 1 amide bonds. The maximum absolute atomic E-state index is 12.4. The second-order valence-electron chi connectivity index (χ2n) is 7.78. The van der Waals surface area contributed by atoms with E-state index in [0.717, 1.165) is 11.8 Å². The molecule has 0 saturated heterocycles. The molecule has 5 nitrogen and oxygen atoms in total. The molecule has 162 valence electrons. The molecule has 0 radical (unpaired) electrons. The largest absolute Gasteiger partial charge is 0.352 e. The first kappa shape index (κ1) is 23.1. The first-order valence-electron chi connectivity index (χ1n) is 10.0. The van der Waals surface area contributed by atoms with Crippen LogP contribution in [0.5, 0.6) is 0 Å². The molecule has 0 bridgehead atoms. The van der Waals surface area contributed by atoms with Crippen molar-refractivity contribution >= 4 is 49.1 Å². The van der Waals surface area contributed by atoms with Crippen LogP contribution in [0.25, 0.3) is 0 Å². The highest BCUT2D eigenvalue weighted by atomic mass is 79.9. The molecule has 1 N–H and O–H groups in total. The van der Waals surface area contributed by atoms with E-state index in [9.17, 15) is 13.2 Å². The van der Waals surface area contributed by atoms with E-state index in [4.69, 9.17) is 11.6 Å². The molecule has 0 heterocycles. The van der Waals surface area contributed by atoms with Gasteiger partial charge in [-0.05, 0) is 70.6 Å². The van der Waals surface area contributed by atoms with Crippen molar-refractivity contribution in [1.82, 2.24) is 5.32 Å². The number of benzene rings is 2. The fraction of sp³-hybridized carbons (Fsp3) is 0.409. The number of hydrogen-bond donors (Lipinski definition) is 1. The number of hydrogen-bond acceptors (Lipinski definition) is 3. The Kier molecular flexibility index (Phi) is 7.82. The first-order chi connectivity index (χ1) is 14.2. The van der Waals surface area contributed by atoms with Crippen molar-refractivity contribution in [2.24, 2.45) is 5.92 Å². The van der Waals surface area contributed by atoms with Crippen LogP contribution in [0.3, 0.4) is 0 Å². The Hall–Kier alpha value is -1.57. The summed E-state index contributed by atoms with van der Waals surface area (Å²) in [5, 5.41) is 3.46. The van der Waals surface area contributed by atoms with Gasteiger partial charge in [-0.15, -0.1) is 0 Å². The second-order valence-corrected chi connectivity index (χ2v) is 10.9. The van der Waals surface area contributed by atoms with Gasteiger partial charge in [-0.2, -0.15) is 0 Å². The van der Waals surface area contributed by atoms with Gasteiger partial charge in [0.1, 0.15) is 0 Å². The van der Waals surface area contributed by atoms with Crippen LogP contribution in [0, 0.1) is 5.92 Å². The zero-order chi connectivity index (χ0) is 21.7. The summed E-state index contributed by atoms with van der Waals surface area (Å²) in [5.41, 5.74) is 1.84. The monoisotopic (exact) mass is 512 g/mol. The molecule has 0 spiro atoms. The molecule has 0 atom stereocenters. The predicted octanol–water partition coefficient (Wildman–Crippen LogP) is 5.38. The topological polar surface area (TPSA) is 66.5 Å². The molecule has 30 heavy (non-hydrogen) atoms. The van der Waals surface area contributed by atoms with Crippen LogP contribution in [0.1, 0.15) is 48.0 Å². The highest BCUT2D eigenvalue weighted by Crippen LogP contribution is 2.29. The molecule has 1 fully saturated rings. The molecule has 1 aliphatic carbocycles. The summed E-state index contributed by atoms with van der Waals surface area (Å²) >= 11 is 9.46. The van der Waals surface area contributed by atoms with Crippen LogP contribution < -0.4 is 9.62 Å². The highest BCUT2D eigenvalue weighted by molar-refractivity contribution is 9.10. The van der Waals surface area contributed by atoms with Crippen LogP contribution in [0.2, 0.25) is 5.02 Å². The van der Waals surface area contributed by atoms with E-state index >= 15 is 0 Å². The van der Waals surface area contributed by atoms with Crippen molar-refractivity contribution in [3.63, 3.8) is 0 Å². The van der Waals surface area contributed by atoms with Gasteiger partial charge in [0, 0.05) is 16.6 Å². The summed E-state index contributed by atoms with van der Waals surface area (Å²) in [7, 11) is -3.51. The third-order valence-corrected chi connectivity index (χ3v) is 7.78. The summed E-state index contributed by atoms with van der Waals surface area (Å²) in [6.45, 7) is 0.869. The number of halogens is 2. The number of carbonyl (C=O) groups excluding carboxylic acids is 1. The van der Waals surface area contributed by atoms with E-state index in [0.29, 0.717) is 33.2 Å². The quantitative estimate of drug-likeness (QED) is 0.540. The normalized spacial score (nSPS) is 15.0. The number of amides is 1. The molecule has 0 aliphatic heterocycles. The zero-order valence-corrected chi connectivity index (χ0v) is 20.1. The molecular weight excluding hydrogens is 488 g/mol. The lowest BCUT2D eigenvalue weighted by molar-refractivity contribution is 0.0943. The van der Waals surface area contributed by atoms with E-state index in [1.54, 1.807) is 42.5 Å². The maximum atomic E-state index is 12.4. The van der Waals surface area contributed by atoms with Gasteiger partial charge in [0.25, 0.3) is 5.91 Å². The second kappa shape index (κ2) is 10.2. The Labute approximate surface area is 192 Å². The lowest BCUT2D eigenvalue weighted by Gasteiger charge is -2.23. The van der Waals surface area contributed by atoms with Crippen LogP contribution in [0.4, 0.5) is 5.69 Å². The standard InChI is InChI=1S/C22H26BrClN2O3S/c1-30(28,29)26(19-11-12-20(23)21(24)13-19)15-17-7-9-18(10-8-17)22(27)25-14-16-5-3-2-4-6-16/h7-13,16H,2-6,14-15H2,1H3,(H,25,27). The van der Waals surface area contributed by atoms with Crippen LogP contribution in [0.15, 0.2) is 46.9 Å². The summed E-state index contributed by atoms with van der Waals surface area (Å²) in [6, 6.07) is 12.1. The number of rotatable bonds is 7. The molecule has 2 aromatic rings. The van der Waals surface area contributed by atoms with Crippen molar-refractivity contribution < 1.29 is 13.2 Å². The number of sulfonamides is 1. The smallest absolute Gasteiger partial charge is 0.251 e. The van der Waals surface area contributed by atoms with Crippen LogP contribution >= 0.6 is 27.5 Å². The maximum Gasteiger partial charge on any atom is 0.251 e. The Balaban J connectivity index is 1.67.